The van der Waals surface area contributed by atoms with E-state index in [0.29, 0.717) is 13.0 Å². The van der Waals surface area contributed by atoms with E-state index in [1.165, 1.54) is 6.07 Å². The van der Waals surface area contributed by atoms with E-state index in [4.69, 9.17) is 17.0 Å². The standard InChI is InChI=1S/C18H20FN3O2S/c1-13-6-4-7-14(12-13)24-11-5-10-17(23)21-22-18(25)20-16-9-3-2-8-15(16)19/h2-4,6-9,12H,5,10-11H2,1H3,(H,21,23)(H2,20,22,25). The quantitative estimate of drug-likeness (QED) is 0.419. The third-order valence-electron chi connectivity index (χ3n) is 3.24. The van der Waals surface area contributed by atoms with E-state index in [1.54, 1.807) is 18.2 Å². The Morgan fingerprint density at radius 1 is 1.16 bits per heavy atom. The van der Waals surface area contributed by atoms with Gasteiger partial charge in [-0.25, -0.2) is 4.39 Å². The Balaban J connectivity index is 1.62. The van der Waals surface area contributed by atoms with Crippen molar-refractivity contribution in [1.82, 2.24) is 10.9 Å². The summed E-state index contributed by atoms with van der Waals surface area (Å²) in [5.74, 6) is 0.130. The number of carbonyl (C=O) groups is 1. The third-order valence-corrected chi connectivity index (χ3v) is 3.45. The van der Waals surface area contributed by atoms with Crippen molar-refractivity contribution in [3.63, 3.8) is 0 Å². The van der Waals surface area contributed by atoms with Crippen LogP contribution in [0.15, 0.2) is 48.5 Å². The van der Waals surface area contributed by atoms with Gasteiger partial charge >= 0.3 is 0 Å². The minimum absolute atomic E-state index is 0.106. The van der Waals surface area contributed by atoms with E-state index in [9.17, 15) is 9.18 Å². The normalized spacial score (nSPS) is 10.0. The maximum Gasteiger partial charge on any atom is 0.238 e. The Bertz CT molecular complexity index is 740. The van der Waals surface area contributed by atoms with Crippen molar-refractivity contribution in [2.45, 2.75) is 19.8 Å². The number of anilines is 1. The van der Waals surface area contributed by atoms with Gasteiger partial charge in [0.2, 0.25) is 5.91 Å². The zero-order valence-corrected chi connectivity index (χ0v) is 14.7. The zero-order chi connectivity index (χ0) is 18.1. The van der Waals surface area contributed by atoms with Crippen molar-refractivity contribution in [2.75, 3.05) is 11.9 Å². The third kappa shape index (κ3) is 6.76. The maximum atomic E-state index is 13.5. The first-order valence-electron chi connectivity index (χ1n) is 7.84. The van der Waals surface area contributed by atoms with Gasteiger partial charge in [-0.1, -0.05) is 24.3 Å². The van der Waals surface area contributed by atoms with Crippen LogP contribution in [0, 0.1) is 12.7 Å². The van der Waals surface area contributed by atoms with Gasteiger partial charge in [0, 0.05) is 6.42 Å². The molecular formula is C18H20FN3O2S. The second-order valence-corrected chi connectivity index (χ2v) is 5.78. The molecule has 0 aliphatic heterocycles. The van der Waals surface area contributed by atoms with Crippen LogP contribution >= 0.6 is 12.2 Å². The number of rotatable bonds is 6. The Morgan fingerprint density at radius 3 is 2.72 bits per heavy atom. The summed E-state index contributed by atoms with van der Waals surface area (Å²) in [7, 11) is 0. The molecule has 0 saturated carbocycles. The highest BCUT2D eigenvalue weighted by Crippen LogP contribution is 2.13. The second-order valence-electron chi connectivity index (χ2n) is 5.38. The SMILES string of the molecule is Cc1cccc(OCCCC(=O)NNC(=S)Nc2ccccc2F)c1. The number of halogens is 1. The molecule has 0 aliphatic rings. The highest BCUT2D eigenvalue weighted by molar-refractivity contribution is 7.80. The van der Waals surface area contributed by atoms with Crippen LogP contribution < -0.4 is 20.9 Å². The van der Waals surface area contributed by atoms with Gasteiger partial charge < -0.3 is 10.1 Å². The monoisotopic (exact) mass is 361 g/mol. The molecule has 0 heterocycles. The molecular weight excluding hydrogens is 341 g/mol. The minimum Gasteiger partial charge on any atom is -0.494 e. The molecule has 0 spiro atoms. The molecule has 5 nitrogen and oxygen atoms in total. The van der Waals surface area contributed by atoms with E-state index in [-0.39, 0.29) is 23.1 Å². The van der Waals surface area contributed by atoms with Gasteiger partial charge in [-0.3, -0.25) is 15.6 Å². The van der Waals surface area contributed by atoms with E-state index < -0.39 is 5.82 Å². The lowest BCUT2D eigenvalue weighted by Crippen LogP contribution is -2.43. The fourth-order valence-electron chi connectivity index (χ4n) is 2.03. The molecule has 0 atom stereocenters. The van der Waals surface area contributed by atoms with Crippen LogP contribution in [0.2, 0.25) is 0 Å². The van der Waals surface area contributed by atoms with Gasteiger partial charge in [0.1, 0.15) is 11.6 Å². The lowest BCUT2D eigenvalue weighted by molar-refractivity contribution is -0.121. The van der Waals surface area contributed by atoms with Gasteiger partial charge in [-0.15, -0.1) is 0 Å². The Kier molecular flexibility index (Phi) is 7.16. The molecule has 2 aromatic rings. The molecule has 2 aromatic carbocycles. The largest absolute Gasteiger partial charge is 0.494 e. The number of aryl methyl sites for hydroxylation is 1. The Morgan fingerprint density at radius 2 is 1.96 bits per heavy atom. The summed E-state index contributed by atoms with van der Waals surface area (Å²) in [6, 6.07) is 13.9. The molecule has 0 saturated heterocycles. The van der Waals surface area contributed by atoms with Crippen LogP contribution in [-0.4, -0.2) is 17.6 Å². The van der Waals surface area contributed by atoms with Crippen LogP contribution in [-0.2, 0) is 4.79 Å². The minimum atomic E-state index is -0.425. The smallest absolute Gasteiger partial charge is 0.238 e. The van der Waals surface area contributed by atoms with E-state index in [2.05, 4.69) is 16.2 Å². The zero-order valence-electron chi connectivity index (χ0n) is 13.8. The van der Waals surface area contributed by atoms with Crippen LogP contribution in [0.3, 0.4) is 0 Å². The Hall–Kier alpha value is -2.67. The Labute approximate surface area is 151 Å². The summed E-state index contributed by atoms with van der Waals surface area (Å²) in [4.78, 5) is 11.7. The molecule has 132 valence electrons. The number of hydrazine groups is 1. The van der Waals surface area contributed by atoms with Crippen molar-refractivity contribution in [3.8, 4) is 5.75 Å². The first-order chi connectivity index (χ1) is 12.0. The first-order valence-corrected chi connectivity index (χ1v) is 8.25. The van der Waals surface area contributed by atoms with Gasteiger partial charge in [0.15, 0.2) is 5.11 Å². The van der Waals surface area contributed by atoms with Gasteiger partial charge in [-0.2, -0.15) is 0 Å². The number of benzene rings is 2. The van der Waals surface area contributed by atoms with E-state index >= 15 is 0 Å². The van der Waals surface area contributed by atoms with Crippen LogP contribution in [0.5, 0.6) is 5.75 Å². The molecule has 3 N–H and O–H groups in total. The van der Waals surface area contributed by atoms with Crippen molar-refractivity contribution in [3.05, 3.63) is 59.9 Å². The van der Waals surface area contributed by atoms with Crippen molar-refractivity contribution < 1.29 is 13.9 Å². The molecule has 0 aromatic heterocycles. The predicted molar refractivity (Wildman–Crippen MR) is 99.8 cm³/mol. The summed E-state index contributed by atoms with van der Waals surface area (Å²) in [6.45, 7) is 2.43. The molecule has 0 aliphatic carbocycles. The van der Waals surface area contributed by atoms with Crippen molar-refractivity contribution in [2.24, 2.45) is 0 Å². The fraction of sp³-hybridized carbons (Fsp3) is 0.222. The molecule has 2 rings (SSSR count). The predicted octanol–water partition coefficient (Wildman–Crippen LogP) is 3.31. The second kappa shape index (κ2) is 9.58. The van der Waals surface area contributed by atoms with Crippen molar-refractivity contribution >= 4 is 28.9 Å². The average molecular weight is 361 g/mol. The molecule has 7 heteroatoms. The summed E-state index contributed by atoms with van der Waals surface area (Å²) < 4.78 is 19.0. The average Bonchev–Trinajstić information content (AvgIpc) is 2.59. The summed E-state index contributed by atoms with van der Waals surface area (Å²) in [5, 5.41) is 2.77. The molecule has 0 bridgehead atoms. The molecule has 0 fully saturated rings. The lowest BCUT2D eigenvalue weighted by atomic mass is 10.2. The number of amides is 1. The molecule has 0 radical (unpaired) electrons. The number of carbonyl (C=O) groups excluding carboxylic acids is 1. The van der Waals surface area contributed by atoms with Crippen molar-refractivity contribution in [1.29, 1.82) is 0 Å². The van der Waals surface area contributed by atoms with Crippen LogP contribution in [0.1, 0.15) is 18.4 Å². The highest BCUT2D eigenvalue weighted by atomic mass is 32.1. The summed E-state index contributed by atoms with van der Waals surface area (Å²) in [5.41, 5.74) is 6.35. The number of ether oxygens (including phenoxy) is 1. The topological polar surface area (TPSA) is 62.4 Å². The number of thiocarbonyl (C=S) groups is 1. The fourth-order valence-corrected chi connectivity index (χ4v) is 2.19. The number of hydrogen-bond acceptors (Lipinski definition) is 3. The highest BCUT2D eigenvalue weighted by Gasteiger charge is 2.05. The number of hydrogen-bond donors (Lipinski definition) is 3. The lowest BCUT2D eigenvalue weighted by Gasteiger charge is -2.12. The molecule has 0 unspecified atom stereocenters. The number of nitrogens with one attached hydrogen (secondary N) is 3. The van der Waals surface area contributed by atoms with E-state index in [0.717, 1.165) is 11.3 Å². The summed E-state index contributed by atoms with van der Waals surface area (Å²) in [6.07, 6.45) is 0.843. The maximum absolute atomic E-state index is 13.5. The van der Waals surface area contributed by atoms with Crippen LogP contribution in [0.25, 0.3) is 0 Å². The van der Waals surface area contributed by atoms with Crippen LogP contribution in [0.4, 0.5) is 10.1 Å². The summed E-state index contributed by atoms with van der Waals surface area (Å²) >= 11 is 5.00. The van der Waals surface area contributed by atoms with Gasteiger partial charge in [-0.05, 0) is 55.4 Å². The van der Waals surface area contributed by atoms with E-state index in [1.807, 2.05) is 31.2 Å². The molecule has 1 amide bonds. The van der Waals surface area contributed by atoms with Gasteiger partial charge in [0.25, 0.3) is 0 Å². The molecule has 25 heavy (non-hydrogen) atoms. The number of para-hydroxylation sites is 1. The van der Waals surface area contributed by atoms with Gasteiger partial charge in [0.05, 0.1) is 12.3 Å². The first kappa shape index (κ1) is 18.7.